The minimum Gasteiger partial charge on any atom is -0.486 e. The van der Waals surface area contributed by atoms with Gasteiger partial charge in [0.15, 0.2) is 5.75 Å². The summed E-state index contributed by atoms with van der Waals surface area (Å²) in [6.07, 6.45) is 1.55. The van der Waals surface area contributed by atoms with Crippen LogP contribution in [0.4, 0.5) is 4.79 Å². The molecule has 2 aromatic carbocycles. The number of methoxy groups -OCH3 is 1. The first-order valence-corrected chi connectivity index (χ1v) is 10.8. The van der Waals surface area contributed by atoms with Crippen LogP contribution >= 0.6 is 39.3 Å². The summed E-state index contributed by atoms with van der Waals surface area (Å²) in [7, 11) is 1.20. The largest absolute Gasteiger partial charge is 0.486 e. The van der Waals surface area contributed by atoms with Crippen molar-refractivity contribution in [2.24, 2.45) is 0 Å². The van der Waals surface area contributed by atoms with E-state index < -0.39 is 23.2 Å². The highest BCUT2D eigenvalue weighted by molar-refractivity contribution is 9.10. The predicted octanol–water partition coefficient (Wildman–Crippen LogP) is 5.28. The van der Waals surface area contributed by atoms with E-state index in [-0.39, 0.29) is 4.91 Å². The first-order valence-electron chi connectivity index (χ1n) is 8.82. The van der Waals surface area contributed by atoms with Crippen molar-refractivity contribution >= 4 is 62.5 Å². The molecule has 0 bridgehead atoms. The standard InChI is InChI=1S/C21H17BrClNO5S/c1-12(20(26)28-2)24-19(25)17(30-21(24)27)10-14-8-15(22)18(16(23)9-14)29-11-13-6-4-3-5-7-13/h3-10,12H,11H2,1-2H3/b17-10+/t12-/m1/s1. The zero-order valence-corrected chi connectivity index (χ0v) is 19.2. The van der Waals surface area contributed by atoms with Crippen molar-refractivity contribution in [1.82, 2.24) is 4.90 Å². The van der Waals surface area contributed by atoms with Gasteiger partial charge in [0, 0.05) is 0 Å². The zero-order chi connectivity index (χ0) is 21.8. The number of hydrogen-bond donors (Lipinski definition) is 0. The lowest BCUT2D eigenvalue weighted by atomic mass is 10.2. The number of esters is 1. The van der Waals surface area contributed by atoms with Crippen molar-refractivity contribution in [3.63, 3.8) is 0 Å². The van der Waals surface area contributed by atoms with Gasteiger partial charge in [-0.05, 0) is 64.0 Å². The molecule has 156 valence electrons. The fraction of sp³-hybridized carbons (Fsp3) is 0.190. The number of thioether (sulfide) groups is 1. The number of benzene rings is 2. The van der Waals surface area contributed by atoms with Gasteiger partial charge in [-0.1, -0.05) is 41.9 Å². The molecule has 0 N–H and O–H groups in total. The molecule has 2 aromatic rings. The number of amides is 2. The number of ether oxygens (including phenoxy) is 2. The molecule has 1 atom stereocenters. The van der Waals surface area contributed by atoms with E-state index in [0.717, 1.165) is 22.2 Å². The van der Waals surface area contributed by atoms with E-state index in [1.165, 1.54) is 14.0 Å². The van der Waals surface area contributed by atoms with Crippen LogP contribution in [0.5, 0.6) is 5.75 Å². The summed E-state index contributed by atoms with van der Waals surface area (Å²) < 4.78 is 11.1. The van der Waals surface area contributed by atoms with Gasteiger partial charge < -0.3 is 9.47 Å². The van der Waals surface area contributed by atoms with Crippen LogP contribution in [0.3, 0.4) is 0 Å². The smallest absolute Gasteiger partial charge is 0.328 e. The van der Waals surface area contributed by atoms with Crippen molar-refractivity contribution in [3.8, 4) is 5.75 Å². The van der Waals surface area contributed by atoms with Crippen molar-refractivity contribution < 1.29 is 23.9 Å². The average Bonchev–Trinajstić information content (AvgIpc) is 2.99. The molecule has 1 saturated heterocycles. The van der Waals surface area contributed by atoms with Gasteiger partial charge in [-0.15, -0.1) is 0 Å². The fourth-order valence-electron chi connectivity index (χ4n) is 2.77. The highest BCUT2D eigenvalue weighted by atomic mass is 79.9. The molecule has 1 fully saturated rings. The second kappa shape index (κ2) is 9.68. The molecule has 0 aliphatic carbocycles. The molecule has 0 saturated carbocycles. The maximum Gasteiger partial charge on any atom is 0.328 e. The third-order valence-electron chi connectivity index (χ3n) is 4.30. The van der Waals surface area contributed by atoms with E-state index in [4.69, 9.17) is 16.3 Å². The Morgan fingerprint density at radius 2 is 1.97 bits per heavy atom. The van der Waals surface area contributed by atoms with Gasteiger partial charge in [-0.2, -0.15) is 0 Å². The Balaban J connectivity index is 1.80. The van der Waals surface area contributed by atoms with Crippen LogP contribution in [0.1, 0.15) is 18.1 Å². The number of carbonyl (C=O) groups is 3. The number of rotatable bonds is 6. The van der Waals surface area contributed by atoms with Crippen molar-refractivity contribution in [3.05, 3.63) is 68.0 Å². The molecule has 0 radical (unpaired) electrons. The normalized spacial score (nSPS) is 16.1. The number of nitrogens with zero attached hydrogens (tertiary/aromatic N) is 1. The molecule has 1 heterocycles. The minimum absolute atomic E-state index is 0.191. The van der Waals surface area contributed by atoms with Gasteiger partial charge in [0.25, 0.3) is 11.1 Å². The van der Waals surface area contributed by atoms with E-state index >= 15 is 0 Å². The van der Waals surface area contributed by atoms with Crippen LogP contribution in [-0.4, -0.2) is 35.2 Å². The predicted molar refractivity (Wildman–Crippen MR) is 119 cm³/mol. The van der Waals surface area contributed by atoms with Gasteiger partial charge >= 0.3 is 5.97 Å². The first-order chi connectivity index (χ1) is 14.3. The summed E-state index contributed by atoms with van der Waals surface area (Å²) in [6.45, 7) is 1.79. The van der Waals surface area contributed by atoms with Crippen molar-refractivity contribution in [2.45, 2.75) is 19.6 Å². The molecule has 6 nitrogen and oxygen atoms in total. The molecule has 30 heavy (non-hydrogen) atoms. The van der Waals surface area contributed by atoms with Crippen LogP contribution < -0.4 is 4.74 Å². The first kappa shape index (κ1) is 22.4. The second-order valence-electron chi connectivity index (χ2n) is 6.34. The maximum atomic E-state index is 12.6. The number of imide groups is 1. The highest BCUT2D eigenvalue weighted by Crippen LogP contribution is 2.38. The van der Waals surface area contributed by atoms with E-state index in [1.54, 1.807) is 18.2 Å². The Hall–Kier alpha value is -2.29. The monoisotopic (exact) mass is 509 g/mol. The summed E-state index contributed by atoms with van der Waals surface area (Å²) in [4.78, 5) is 37.6. The van der Waals surface area contributed by atoms with Gasteiger partial charge in [0.05, 0.1) is 21.5 Å². The molecule has 2 amide bonds. The van der Waals surface area contributed by atoms with Gasteiger partial charge in [0.2, 0.25) is 0 Å². The van der Waals surface area contributed by atoms with Crippen molar-refractivity contribution in [2.75, 3.05) is 7.11 Å². The Morgan fingerprint density at radius 1 is 1.27 bits per heavy atom. The third-order valence-corrected chi connectivity index (χ3v) is 6.05. The van der Waals surface area contributed by atoms with E-state index in [0.29, 0.717) is 27.4 Å². The van der Waals surface area contributed by atoms with Crippen LogP contribution in [-0.2, 0) is 20.9 Å². The Kier molecular flexibility index (Phi) is 7.23. The van der Waals surface area contributed by atoms with Gasteiger partial charge in [0.1, 0.15) is 12.6 Å². The molecule has 0 unspecified atom stereocenters. The third kappa shape index (κ3) is 4.88. The topological polar surface area (TPSA) is 72.9 Å². The molecule has 1 aliphatic heterocycles. The van der Waals surface area contributed by atoms with Crippen LogP contribution in [0.15, 0.2) is 51.8 Å². The number of halogens is 2. The maximum absolute atomic E-state index is 12.6. The van der Waals surface area contributed by atoms with Crippen molar-refractivity contribution in [1.29, 1.82) is 0 Å². The van der Waals surface area contributed by atoms with Crippen LogP contribution in [0, 0.1) is 0 Å². The molecule has 0 aromatic heterocycles. The van der Waals surface area contributed by atoms with Crippen LogP contribution in [0.25, 0.3) is 6.08 Å². The Bertz CT molecular complexity index is 1000. The summed E-state index contributed by atoms with van der Waals surface area (Å²) in [6, 6.07) is 12.0. The minimum atomic E-state index is -1.00. The summed E-state index contributed by atoms with van der Waals surface area (Å²) in [5.74, 6) is -0.742. The molecule has 3 rings (SSSR count). The van der Waals surface area contributed by atoms with Crippen LogP contribution in [0.2, 0.25) is 5.02 Å². The summed E-state index contributed by atoms with van der Waals surface area (Å²) >= 11 is 10.6. The van der Waals surface area contributed by atoms with Gasteiger partial charge in [-0.25, -0.2) is 4.79 Å². The molecular formula is C21H17BrClNO5S. The molecule has 0 spiro atoms. The fourth-order valence-corrected chi connectivity index (χ4v) is 4.67. The highest BCUT2D eigenvalue weighted by Gasteiger charge is 2.41. The van der Waals surface area contributed by atoms with Gasteiger partial charge in [-0.3, -0.25) is 14.5 Å². The van der Waals surface area contributed by atoms with E-state index in [2.05, 4.69) is 20.7 Å². The number of carbonyl (C=O) groups excluding carboxylic acids is 3. The molecule has 1 aliphatic rings. The second-order valence-corrected chi connectivity index (χ2v) is 8.59. The lowest BCUT2D eigenvalue weighted by Gasteiger charge is -2.18. The zero-order valence-electron chi connectivity index (χ0n) is 16.1. The lowest BCUT2D eigenvalue weighted by molar-refractivity contribution is -0.148. The average molecular weight is 511 g/mol. The Labute approximate surface area is 191 Å². The van der Waals surface area contributed by atoms with E-state index in [9.17, 15) is 14.4 Å². The Morgan fingerprint density at radius 3 is 2.60 bits per heavy atom. The summed E-state index contributed by atoms with van der Waals surface area (Å²) in [5, 5.41) is -0.175. The molecule has 9 heteroatoms. The number of hydrogen-bond acceptors (Lipinski definition) is 6. The summed E-state index contributed by atoms with van der Waals surface area (Å²) in [5.41, 5.74) is 1.60. The molecular weight excluding hydrogens is 494 g/mol. The lowest BCUT2D eigenvalue weighted by Crippen LogP contribution is -2.42. The quantitative estimate of drug-likeness (QED) is 0.389. The van der Waals surface area contributed by atoms with E-state index in [1.807, 2.05) is 30.3 Å². The SMILES string of the molecule is COC(=O)[C@@H](C)N1C(=O)S/C(=C/c2cc(Cl)c(OCc3ccccc3)c(Br)c2)C1=O.